The first-order valence-corrected chi connectivity index (χ1v) is 7.02. The number of rotatable bonds is 5. The fourth-order valence-corrected chi connectivity index (χ4v) is 1.68. The van der Waals surface area contributed by atoms with E-state index in [2.05, 4.69) is 9.72 Å². The molecule has 0 N–H and O–H groups in total. The Bertz CT molecular complexity index is 533. The van der Waals surface area contributed by atoms with Crippen LogP contribution in [0.3, 0.4) is 0 Å². The van der Waals surface area contributed by atoms with Crippen molar-refractivity contribution in [3.8, 4) is 0 Å². The van der Waals surface area contributed by atoms with Crippen LogP contribution in [0, 0.1) is 0 Å². The second-order valence-corrected chi connectivity index (χ2v) is 6.09. The van der Waals surface area contributed by atoms with Crippen LogP contribution in [0.4, 0.5) is 0 Å². The van der Waals surface area contributed by atoms with Crippen LogP contribution in [-0.2, 0) is 25.9 Å². The van der Waals surface area contributed by atoms with Gasteiger partial charge >= 0.3 is 5.97 Å². The number of carbonyl (C=O) groups excluding carboxylic acids is 1. The van der Waals surface area contributed by atoms with Gasteiger partial charge in [-0.2, -0.15) is 0 Å². The molecule has 0 aromatic carbocycles. The smallest absolute Gasteiger partial charge is 0.376 e. The van der Waals surface area contributed by atoms with Crippen molar-refractivity contribution in [2.75, 3.05) is 20.5 Å². The zero-order valence-corrected chi connectivity index (χ0v) is 11.4. The Morgan fingerprint density at radius 1 is 1.44 bits per heavy atom. The maximum absolute atomic E-state index is 11.4. The molecule has 0 aliphatic heterocycles. The summed E-state index contributed by atoms with van der Waals surface area (Å²) in [7, 11) is -0.734. The van der Waals surface area contributed by atoms with Gasteiger partial charge in [0, 0.05) is 13.4 Å². The number of aromatic nitrogens is 1. The highest BCUT2D eigenvalue weighted by atomic mass is 32.2. The summed E-state index contributed by atoms with van der Waals surface area (Å²) in [6.07, 6.45) is 1.07. The minimum absolute atomic E-state index is 0.0322. The highest BCUT2D eigenvalue weighted by Crippen LogP contribution is 2.23. The van der Waals surface area contributed by atoms with Crippen LogP contribution in [0.2, 0.25) is 0 Å². The number of hydrogen-bond acceptors (Lipinski definition) is 7. The highest BCUT2D eigenvalue weighted by Gasteiger charge is 2.28. The number of methoxy groups -OCH3 is 2. The van der Waals surface area contributed by atoms with Crippen molar-refractivity contribution >= 4 is 15.8 Å². The van der Waals surface area contributed by atoms with E-state index < -0.39 is 21.1 Å². The van der Waals surface area contributed by atoms with E-state index in [0.29, 0.717) is 0 Å². The van der Waals surface area contributed by atoms with Crippen molar-refractivity contribution < 1.29 is 27.1 Å². The lowest BCUT2D eigenvalue weighted by molar-refractivity contribution is 0.0556. The van der Waals surface area contributed by atoms with Crippen molar-refractivity contribution in [3.63, 3.8) is 0 Å². The van der Waals surface area contributed by atoms with E-state index in [4.69, 9.17) is 9.15 Å². The molecular weight excluding hydrogens is 262 g/mol. The van der Waals surface area contributed by atoms with Crippen LogP contribution in [0.5, 0.6) is 0 Å². The molecule has 0 spiro atoms. The Labute approximate surface area is 105 Å². The van der Waals surface area contributed by atoms with E-state index in [1.165, 1.54) is 21.1 Å². The van der Waals surface area contributed by atoms with Gasteiger partial charge in [0.05, 0.1) is 13.7 Å². The van der Waals surface area contributed by atoms with Gasteiger partial charge in [-0.15, -0.1) is 0 Å². The molecule has 1 aromatic rings. The maximum atomic E-state index is 11.4. The summed E-state index contributed by atoms with van der Waals surface area (Å²) >= 11 is 0. The molecule has 0 saturated carbocycles. The van der Waals surface area contributed by atoms with E-state index in [-0.39, 0.29) is 24.0 Å². The first kappa shape index (κ1) is 14.7. The van der Waals surface area contributed by atoms with Gasteiger partial charge in [-0.25, -0.2) is 18.2 Å². The monoisotopic (exact) mass is 277 g/mol. The molecule has 1 heterocycles. The van der Waals surface area contributed by atoms with Crippen molar-refractivity contribution in [2.45, 2.75) is 18.8 Å². The Morgan fingerprint density at radius 2 is 2.06 bits per heavy atom. The van der Waals surface area contributed by atoms with Crippen LogP contribution in [0.15, 0.2) is 4.42 Å². The number of hydrogen-bond donors (Lipinski definition) is 0. The standard InChI is InChI=1S/C10H15NO6S/c1-6(18(4,13)14)9-11-7(5-15-2)8(17-9)10(12)16-3/h6H,5H2,1-4H3. The lowest BCUT2D eigenvalue weighted by Gasteiger charge is -2.02. The summed E-state index contributed by atoms with van der Waals surface area (Å²) in [6, 6.07) is 0. The number of esters is 1. The summed E-state index contributed by atoms with van der Waals surface area (Å²) in [5.41, 5.74) is 0.217. The summed E-state index contributed by atoms with van der Waals surface area (Å²) in [5.74, 6) is -0.906. The third kappa shape index (κ3) is 3.08. The predicted molar refractivity (Wildman–Crippen MR) is 61.8 cm³/mol. The number of sulfone groups is 1. The van der Waals surface area contributed by atoms with E-state index in [0.717, 1.165) is 6.26 Å². The molecule has 1 aromatic heterocycles. The van der Waals surface area contributed by atoms with Gasteiger partial charge < -0.3 is 13.9 Å². The average molecular weight is 277 g/mol. The highest BCUT2D eigenvalue weighted by molar-refractivity contribution is 7.90. The molecule has 102 valence electrons. The molecular formula is C10H15NO6S. The number of nitrogens with zero attached hydrogens (tertiary/aromatic N) is 1. The predicted octanol–water partition coefficient (Wildman–Crippen LogP) is 0.713. The Hall–Kier alpha value is -1.41. The molecule has 0 bridgehead atoms. The summed E-state index contributed by atoms with van der Waals surface area (Å²) in [5, 5.41) is -0.938. The molecule has 0 saturated heterocycles. The largest absolute Gasteiger partial charge is 0.463 e. The molecule has 0 radical (unpaired) electrons. The van der Waals surface area contributed by atoms with Gasteiger partial charge in [0.15, 0.2) is 9.84 Å². The second kappa shape index (κ2) is 5.49. The number of ether oxygens (including phenoxy) is 2. The first-order chi connectivity index (χ1) is 8.31. The van der Waals surface area contributed by atoms with Gasteiger partial charge in [-0.1, -0.05) is 0 Å². The molecule has 0 fully saturated rings. The Kier molecular flexibility index (Phi) is 4.47. The van der Waals surface area contributed by atoms with Gasteiger partial charge in [-0.3, -0.25) is 0 Å². The second-order valence-electron chi connectivity index (χ2n) is 3.72. The topological polar surface area (TPSA) is 95.7 Å². The fraction of sp³-hybridized carbons (Fsp3) is 0.600. The molecule has 0 aliphatic carbocycles. The van der Waals surface area contributed by atoms with Crippen LogP contribution >= 0.6 is 0 Å². The lowest BCUT2D eigenvalue weighted by Crippen LogP contribution is -2.08. The van der Waals surface area contributed by atoms with Crippen molar-refractivity contribution in [3.05, 3.63) is 17.3 Å². The molecule has 1 rings (SSSR count). The van der Waals surface area contributed by atoms with Crippen LogP contribution < -0.4 is 0 Å². The van der Waals surface area contributed by atoms with Crippen LogP contribution in [0.1, 0.15) is 34.3 Å². The summed E-state index contributed by atoms with van der Waals surface area (Å²) in [4.78, 5) is 15.4. The van der Waals surface area contributed by atoms with E-state index in [9.17, 15) is 13.2 Å². The van der Waals surface area contributed by atoms with E-state index in [1.807, 2.05) is 0 Å². The van der Waals surface area contributed by atoms with Gasteiger partial charge in [0.25, 0.3) is 0 Å². The zero-order valence-electron chi connectivity index (χ0n) is 10.6. The minimum Gasteiger partial charge on any atom is -0.463 e. The van der Waals surface area contributed by atoms with Gasteiger partial charge in [-0.05, 0) is 6.92 Å². The van der Waals surface area contributed by atoms with Crippen molar-refractivity contribution in [1.82, 2.24) is 4.98 Å². The molecule has 1 unspecified atom stereocenters. The van der Waals surface area contributed by atoms with E-state index >= 15 is 0 Å². The SMILES string of the molecule is COCc1nc(C(C)S(C)(=O)=O)oc1C(=O)OC. The third-order valence-electron chi connectivity index (χ3n) is 2.36. The van der Waals surface area contributed by atoms with Crippen molar-refractivity contribution in [2.24, 2.45) is 0 Å². The van der Waals surface area contributed by atoms with Crippen molar-refractivity contribution in [1.29, 1.82) is 0 Å². The Morgan fingerprint density at radius 3 is 2.50 bits per heavy atom. The molecule has 7 nitrogen and oxygen atoms in total. The summed E-state index contributed by atoms with van der Waals surface area (Å²) < 4.78 is 37.4. The molecule has 1 atom stereocenters. The molecule has 0 amide bonds. The lowest BCUT2D eigenvalue weighted by atomic mass is 10.3. The average Bonchev–Trinajstić information content (AvgIpc) is 2.70. The molecule has 18 heavy (non-hydrogen) atoms. The van der Waals surface area contributed by atoms with Crippen LogP contribution in [-0.4, -0.2) is 39.8 Å². The maximum Gasteiger partial charge on any atom is 0.376 e. The summed E-state index contributed by atoms with van der Waals surface area (Å²) in [6.45, 7) is 1.46. The van der Waals surface area contributed by atoms with Gasteiger partial charge in [0.1, 0.15) is 10.9 Å². The number of oxazole rings is 1. The van der Waals surface area contributed by atoms with Gasteiger partial charge in [0.2, 0.25) is 11.7 Å². The third-order valence-corrected chi connectivity index (χ3v) is 3.84. The quantitative estimate of drug-likeness (QED) is 0.731. The molecule has 0 aliphatic rings. The normalized spacial score (nSPS) is 13.3. The zero-order chi connectivity index (χ0) is 13.9. The minimum atomic E-state index is -3.36. The van der Waals surface area contributed by atoms with E-state index in [1.54, 1.807) is 0 Å². The number of carbonyl (C=O) groups is 1. The van der Waals surface area contributed by atoms with Crippen LogP contribution in [0.25, 0.3) is 0 Å². The fourth-order valence-electron chi connectivity index (χ4n) is 1.21. The Balaban J connectivity index is 3.21. The first-order valence-electron chi connectivity index (χ1n) is 5.07. The molecule has 8 heteroatoms.